The molecule has 1 saturated heterocycles. The minimum absolute atomic E-state index is 0.133. The SMILES string of the molecule is O=C(N[C@@H]1CCCC[C@@H]1N1C(=O)CSC1=O)c1cc(-c2ccco2)on1. The van der Waals surface area contributed by atoms with Gasteiger partial charge in [0.05, 0.1) is 24.1 Å². The van der Waals surface area contributed by atoms with Crippen LogP contribution in [0.4, 0.5) is 4.79 Å². The van der Waals surface area contributed by atoms with Crippen molar-refractivity contribution in [2.75, 3.05) is 5.75 Å². The first-order valence-corrected chi connectivity index (χ1v) is 9.42. The number of aromatic nitrogens is 1. The van der Waals surface area contributed by atoms with Crippen LogP contribution in [0.15, 0.2) is 33.4 Å². The lowest BCUT2D eigenvalue weighted by Gasteiger charge is -2.36. The molecule has 1 aliphatic heterocycles. The number of nitrogens with zero attached hydrogens (tertiary/aromatic N) is 2. The summed E-state index contributed by atoms with van der Waals surface area (Å²) < 4.78 is 10.4. The molecule has 136 valence electrons. The summed E-state index contributed by atoms with van der Waals surface area (Å²) in [4.78, 5) is 38.0. The molecule has 0 bridgehead atoms. The van der Waals surface area contributed by atoms with Crippen LogP contribution in [0.3, 0.4) is 0 Å². The van der Waals surface area contributed by atoms with E-state index < -0.39 is 5.91 Å². The topological polar surface area (TPSA) is 106 Å². The lowest BCUT2D eigenvalue weighted by atomic mass is 9.89. The molecule has 4 rings (SSSR count). The molecular formula is C17H17N3O5S. The molecule has 1 N–H and O–H groups in total. The zero-order valence-electron chi connectivity index (χ0n) is 13.8. The van der Waals surface area contributed by atoms with Crippen LogP contribution in [0.2, 0.25) is 0 Å². The van der Waals surface area contributed by atoms with Gasteiger partial charge >= 0.3 is 0 Å². The molecule has 3 amide bonds. The predicted molar refractivity (Wildman–Crippen MR) is 92.4 cm³/mol. The second-order valence-corrected chi connectivity index (χ2v) is 7.23. The summed E-state index contributed by atoms with van der Waals surface area (Å²) in [6, 6.07) is 4.34. The Hall–Kier alpha value is -2.55. The number of hydrogen-bond donors (Lipinski definition) is 1. The quantitative estimate of drug-likeness (QED) is 0.875. The summed E-state index contributed by atoms with van der Waals surface area (Å²) >= 11 is 1.01. The molecule has 0 spiro atoms. The first-order chi connectivity index (χ1) is 12.6. The number of imide groups is 1. The molecule has 8 nitrogen and oxygen atoms in total. The minimum Gasteiger partial charge on any atom is -0.461 e. The van der Waals surface area contributed by atoms with Crippen molar-refractivity contribution in [2.45, 2.75) is 37.8 Å². The van der Waals surface area contributed by atoms with Gasteiger partial charge in [0.15, 0.2) is 11.5 Å². The molecule has 0 radical (unpaired) electrons. The molecular weight excluding hydrogens is 358 g/mol. The van der Waals surface area contributed by atoms with Crippen LogP contribution in [0.1, 0.15) is 36.2 Å². The van der Waals surface area contributed by atoms with E-state index in [0.29, 0.717) is 24.4 Å². The van der Waals surface area contributed by atoms with Gasteiger partial charge in [-0.05, 0) is 25.0 Å². The number of carbonyl (C=O) groups is 3. The van der Waals surface area contributed by atoms with Crippen LogP contribution >= 0.6 is 11.8 Å². The van der Waals surface area contributed by atoms with Crippen LogP contribution in [-0.4, -0.2) is 44.9 Å². The van der Waals surface area contributed by atoms with E-state index in [1.54, 1.807) is 12.1 Å². The van der Waals surface area contributed by atoms with Crippen molar-refractivity contribution in [3.63, 3.8) is 0 Å². The van der Waals surface area contributed by atoms with Crippen molar-refractivity contribution in [2.24, 2.45) is 0 Å². The highest BCUT2D eigenvalue weighted by Gasteiger charge is 2.41. The molecule has 3 heterocycles. The van der Waals surface area contributed by atoms with Gasteiger partial charge in [-0.1, -0.05) is 29.8 Å². The number of carbonyl (C=O) groups excluding carboxylic acids is 3. The summed E-state index contributed by atoms with van der Waals surface area (Å²) in [5, 5.41) is 6.47. The molecule has 1 aliphatic carbocycles. The molecule has 2 aromatic heterocycles. The Morgan fingerprint density at radius 1 is 1.27 bits per heavy atom. The molecule has 2 aromatic rings. The van der Waals surface area contributed by atoms with Crippen LogP contribution in [-0.2, 0) is 4.79 Å². The lowest BCUT2D eigenvalue weighted by Crippen LogP contribution is -2.54. The van der Waals surface area contributed by atoms with E-state index in [0.717, 1.165) is 24.6 Å². The van der Waals surface area contributed by atoms with Crippen LogP contribution in [0.5, 0.6) is 0 Å². The number of hydrogen-bond acceptors (Lipinski definition) is 7. The van der Waals surface area contributed by atoms with Crippen LogP contribution in [0.25, 0.3) is 11.5 Å². The van der Waals surface area contributed by atoms with Crippen molar-refractivity contribution in [1.82, 2.24) is 15.4 Å². The lowest BCUT2D eigenvalue weighted by molar-refractivity contribution is -0.127. The second-order valence-electron chi connectivity index (χ2n) is 6.30. The zero-order chi connectivity index (χ0) is 18.1. The molecule has 0 aromatic carbocycles. The Balaban J connectivity index is 1.48. The van der Waals surface area contributed by atoms with E-state index in [-0.39, 0.29) is 34.7 Å². The van der Waals surface area contributed by atoms with Gasteiger partial charge in [-0.25, -0.2) is 0 Å². The maximum absolute atomic E-state index is 12.6. The van der Waals surface area contributed by atoms with Gasteiger partial charge in [0.1, 0.15) is 0 Å². The normalized spacial score (nSPS) is 23.5. The van der Waals surface area contributed by atoms with Gasteiger partial charge < -0.3 is 14.3 Å². The van der Waals surface area contributed by atoms with Gasteiger partial charge in [0, 0.05) is 6.07 Å². The maximum Gasteiger partial charge on any atom is 0.289 e. The summed E-state index contributed by atoms with van der Waals surface area (Å²) in [6.45, 7) is 0. The Labute approximate surface area is 153 Å². The average Bonchev–Trinajstić information content (AvgIpc) is 3.37. The first kappa shape index (κ1) is 16.9. The molecule has 26 heavy (non-hydrogen) atoms. The summed E-state index contributed by atoms with van der Waals surface area (Å²) in [6.07, 6.45) is 4.76. The Kier molecular flexibility index (Phi) is 4.54. The van der Waals surface area contributed by atoms with Gasteiger partial charge in [-0.2, -0.15) is 0 Å². The summed E-state index contributed by atoms with van der Waals surface area (Å²) in [5.41, 5.74) is 0.133. The maximum atomic E-state index is 12.6. The molecule has 2 aliphatic rings. The Morgan fingerprint density at radius 3 is 2.85 bits per heavy atom. The van der Waals surface area contributed by atoms with E-state index in [9.17, 15) is 14.4 Å². The third-order valence-corrected chi connectivity index (χ3v) is 5.50. The highest BCUT2D eigenvalue weighted by Crippen LogP contribution is 2.30. The minimum atomic E-state index is -0.393. The van der Waals surface area contributed by atoms with Gasteiger partial charge in [0.2, 0.25) is 11.7 Å². The highest BCUT2D eigenvalue weighted by molar-refractivity contribution is 8.14. The Bertz CT molecular complexity index is 815. The second kappa shape index (κ2) is 6.99. The first-order valence-electron chi connectivity index (χ1n) is 8.44. The van der Waals surface area contributed by atoms with Gasteiger partial charge in [0.25, 0.3) is 11.1 Å². The smallest absolute Gasteiger partial charge is 0.289 e. The van der Waals surface area contributed by atoms with Crippen molar-refractivity contribution in [3.05, 3.63) is 30.2 Å². The number of furan rings is 1. The molecule has 2 atom stereocenters. The van der Waals surface area contributed by atoms with E-state index in [4.69, 9.17) is 8.94 Å². The predicted octanol–water partition coefficient (Wildman–Crippen LogP) is 2.67. The van der Waals surface area contributed by atoms with Gasteiger partial charge in [-0.15, -0.1) is 0 Å². The molecule has 0 unspecified atom stereocenters. The summed E-state index contributed by atoms with van der Waals surface area (Å²) in [5.74, 6) is 0.438. The fraction of sp³-hybridized carbons (Fsp3) is 0.412. The third kappa shape index (κ3) is 3.14. The van der Waals surface area contributed by atoms with Crippen molar-refractivity contribution in [3.8, 4) is 11.5 Å². The van der Waals surface area contributed by atoms with Crippen molar-refractivity contribution in [1.29, 1.82) is 0 Å². The van der Waals surface area contributed by atoms with E-state index in [1.165, 1.54) is 17.2 Å². The largest absolute Gasteiger partial charge is 0.461 e. The fourth-order valence-electron chi connectivity index (χ4n) is 3.43. The average molecular weight is 375 g/mol. The van der Waals surface area contributed by atoms with Crippen LogP contribution < -0.4 is 5.32 Å². The number of nitrogens with one attached hydrogen (secondary N) is 1. The monoisotopic (exact) mass is 375 g/mol. The number of amides is 3. The van der Waals surface area contributed by atoms with Crippen molar-refractivity contribution < 1.29 is 23.3 Å². The molecule has 1 saturated carbocycles. The Morgan fingerprint density at radius 2 is 2.12 bits per heavy atom. The van der Waals surface area contributed by atoms with Crippen LogP contribution in [0, 0.1) is 0 Å². The van der Waals surface area contributed by atoms with E-state index in [1.807, 2.05) is 0 Å². The third-order valence-electron chi connectivity index (χ3n) is 4.67. The van der Waals surface area contributed by atoms with E-state index >= 15 is 0 Å². The van der Waals surface area contributed by atoms with E-state index in [2.05, 4.69) is 10.5 Å². The van der Waals surface area contributed by atoms with Crippen molar-refractivity contribution >= 4 is 28.8 Å². The number of thioether (sulfide) groups is 1. The molecule has 9 heteroatoms. The van der Waals surface area contributed by atoms with Gasteiger partial charge in [-0.3, -0.25) is 19.3 Å². The highest BCUT2D eigenvalue weighted by atomic mass is 32.2. The standard InChI is InChI=1S/C17H17N3O5S/c21-15-9-26-17(23)20(15)12-5-2-1-4-10(12)18-16(22)11-8-14(25-19-11)13-6-3-7-24-13/h3,6-8,10,12H,1-2,4-5,9H2,(H,18,22)/t10-,12+/m1/s1. The summed E-state index contributed by atoms with van der Waals surface area (Å²) in [7, 11) is 0. The fourth-order valence-corrected chi connectivity index (χ4v) is 4.20. The zero-order valence-corrected chi connectivity index (χ0v) is 14.7. The molecule has 2 fully saturated rings. The number of rotatable bonds is 4.